The lowest BCUT2D eigenvalue weighted by atomic mass is 10.0. The minimum absolute atomic E-state index is 0.641. The molecule has 1 aliphatic rings. The quantitative estimate of drug-likeness (QED) is 0.940. The molecule has 5 heteroatoms. The van der Waals surface area contributed by atoms with Crippen molar-refractivity contribution in [1.82, 2.24) is 15.1 Å². The highest BCUT2D eigenvalue weighted by Gasteiger charge is 2.21. The first kappa shape index (κ1) is 14.4. The van der Waals surface area contributed by atoms with Crippen molar-refractivity contribution in [2.24, 2.45) is 0 Å². The second-order valence-electron chi connectivity index (χ2n) is 5.51. The molecule has 0 saturated carbocycles. The molecule has 0 aliphatic carbocycles. The van der Waals surface area contributed by atoms with Crippen LogP contribution in [0.1, 0.15) is 24.6 Å². The lowest BCUT2D eigenvalue weighted by Gasteiger charge is -2.22. The number of ether oxygens (including phenoxy) is 1. The third-order valence-corrected chi connectivity index (χ3v) is 4.09. The summed E-state index contributed by atoms with van der Waals surface area (Å²) in [6.07, 6.45) is 1.99. The monoisotopic (exact) mass is 305 g/mol. The summed E-state index contributed by atoms with van der Waals surface area (Å²) in [6.45, 7) is 4.75. The fraction of sp³-hybridized carbons (Fsp3) is 0.438. The summed E-state index contributed by atoms with van der Waals surface area (Å²) < 4.78 is 5.62. The van der Waals surface area contributed by atoms with E-state index in [0.29, 0.717) is 11.6 Å². The van der Waals surface area contributed by atoms with Gasteiger partial charge in [0, 0.05) is 36.3 Å². The first-order valence-electron chi connectivity index (χ1n) is 7.36. The van der Waals surface area contributed by atoms with Gasteiger partial charge in [0.1, 0.15) is 5.75 Å². The summed E-state index contributed by atoms with van der Waals surface area (Å²) in [4.78, 5) is 2.31. The third kappa shape index (κ3) is 2.92. The lowest BCUT2D eigenvalue weighted by Crippen LogP contribution is -2.26. The number of hydrogen-bond acceptors (Lipinski definition) is 3. The SMILES string of the molecule is CCCOc1ccc(-c2n[nH]c3c2CN(C)CC3)cc1Cl. The minimum atomic E-state index is 0.641. The van der Waals surface area contributed by atoms with Crippen LogP contribution in [0.15, 0.2) is 18.2 Å². The zero-order valence-electron chi connectivity index (χ0n) is 12.4. The number of rotatable bonds is 4. The van der Waals surface area contributed by atoms with Gasteiger partial charge in [-0.15, -0.1) is 0 Å². The Balaban J connectivity index is 1.91. The second-order valence-corrected chi connectivity index (χ2v) is 5.92. The van der Waals surface area contributed by atoms with E-state index >= 15 is 0 Å². The fourth-order valence-electron chi connectivity index (χ4n) is 2.65. The summed E-state index contributed by atoms with van der Waals surface area (Å²) >= 11 is 6.32. The van der Waals surface area contributed by atoms with Gasteiger partial charge < -0.3 is 9.64 Å². The Morgan fingerprint density at radius 1 is 1.43 bits per heavy atom. The topological polar surface area (TPSA) is 41.1 Å². The molecule has 0 spiro atoms. The molecule has 1 aromatic heterocycles. The van der Waals surface area contributed by atoms with Crippen LogP contribution in [0.3, 0.4) is 0 Å². The van der Waals surface area contributed by atoms with Crippen molar-refractivity contribution in [3.05, 3.63) is 34.5 Å². The van der Waals surface area contributed by atoms with E-state index in [1.54, 1.807) is 0 Å². The molecule has 2 aromatic rings. The van der Waals surface area contributed by atoms with Crippen LogP contribution in [0, 0.1) is 0 Å². The van der Waals surface area contributed by atoms with Gasteiger partial charge in [-0.1, -0.05) is 18.5 Å². The number of benzene rings is 1. The summed E-state index contributed by atoms with van der Waals surface area (Å²) in [6, 6.07) is 5.90. The first-order valence-corrected chi connectivity index (χ1v) is 7.74. The maximum Gasteiger partial charge on any atom is 0.137 e. The van der Waals surface area contributed by atoms with Gasteiger partial charge in [-0.05, 0) is 31.7 Å². The third-order valence-electron chi connectivity index (χ3n) is 3.79. The van der Waals surface area contributed by atoms with E-state index in [-0.39, 0.29) is 0 Å². The molecule has 0 saturated heterocycles. The van der Waals surface area contributed by atoms with Crippen LogP contribution >= 0.6 is 11.6 Å². The number of hydrogen-bond donors (Lipinski definition) is 1. The number of aromatic nitrogens is 2. The molecule has 0 unspecified atom stereocenters. The van der Waals surface area contributed by atoms with Gasteiger partial charge in [-0.25, -0.2) is 0 Å². The predicted molar refractivity (Wildman–Crippen MR) is 84.9 cm³/mol. The Hall–Kier alpha value is -1.52. The minimum Gasteiger partial charge on any atom is -0.492 e. The van der Waals surface area contributed by atoms with E-state index in [0.717, 1.165) is 42.9 Å². The predicted octanol–water partition coefficient (Wildman–Crippen LogP) is 3.51. The highest BCUT2D eigenvalue weighted by molar-refractivity contribution is 6.32. The Morgan fingerprint density at radius 2 is 2.29 bits per heavy atom. The molecule has 1 aliphatic heterocycles. The Morgan fingerprint density at radius 3 is 3.05 bits per heavy atom. The van der Waals surface area contributed by atoms with Gasteiger partial charge in [0.15, 0.2) is 0 Å². The molecule has 2 heterocycles. The fourth-order valence-corrected chi connectivity index (χ4v) is 2.88. The molecule has 21 heavy (non-hydrogen) atoms. The van der Waals surface area contributed by atoms with Crippen molar-refractivity contribution in [3.63, 3.8) is 0 Å². The Labute approximate surface area is 130 Å². The lowest BCUT2D eigenvalue weighted by molar-refractivity contribution is 0.312. The van der Waals surface area contributed by atoms with Gasteiger partial charge in [-0.2, -0.15) is 5.10 Å². The number of likely N-dealkylation sites (N-methyl/N-ethyl adjacent to an activating group) is 1. The van der Waals surface area contributed by atoms with E-state index in [1.165, 1.54) is 11.3 Å². The normalized spacial score (nSPS) is 15.0. The van der Waals surface area contributed by atoms with Crippen molar-refractivity contribution in [2.45, 2.75) is 26.3 Å². The molecule has 0 amide bonds. The van der Waals surface area contributed by atoms with Crippen LogP contribution in [-0.4, -0.2) is 35.3 Å². The van der Waals surface area contributed by atoms with E-state index in [4.69, 9.17) is 16.3 Å². The van der Waals surface area contributed by atoms with Gasteiger partial charge in [0.2, 0.25) is 0 Å². The van der Waals surface area contributed by atoms with E-state index in [2.05, 4.69) is 29.1 Å². The van der Waals surface area contributed by atoms with Crippen molar-refractivity contribution >= 4 is 11.6 Å². The van der Waals surface area contributed by atoms with Crippen molar-refractivity contribution in [3.8, 4) is 17.0 Å². The van der Waals surface area contributed by atoms with Crippen LogP contribution in [0.25, 0.3) is 11.3 Å². The molecule has 112 valence electrons. The van der Waals surface area contributed by atoms with Crippen LogP contribution in [0.2, 0.25) is 5.02 Å². The van der Waals surface area contributed by atoms with Crippen LogP contribution in [0.5, 0.6) is 5.75 Å². The van der Waals surface area contributed by atoms with Gasteiger partial charge in [0.05, 0.1) is 17.3 Å². The average molecular weight is 306 g/mol. The van der Waals surface area contributed by atoms with Crippen molar-refractivity contribution in [2.75, 3.05) is 20.2 Å². The summed E-state index contributed by atoms with van der Waals surface area (Å²) in [5, 5.41) is 8.29. The molecular formula is C16H20ClN3O. The molecule has 0 atom stereocenters. The number of H-pyrrole nitrogens is 1. The molecule has 0 radical (unpaired) electrons. The Bertz CT molecular complexity index is 638. The summed E-state index contributed by atoms with van der Waals surface area (Å²) in [5.41, 5.74) is 4.56. The zero-order valence-corrected chi connectivity index (χ0v) is 13.2. The molecule has 0 bridgehead atoms. The Kier molecular flexibility index (Phi) is 4.17. The maximum atomic E-state index is 6.32. The number of nitrogens with zero attached hydrogens (tertiary/aromatic N) is 2. The highest BCUT2D eigenvalue weighted by Crippen LogP contribution is 2.33. The molecule has 1 N–H and O–H groups in total. The van der Waals surface area contributed by atoms with E-state index in [9.17, 15) is 0 Å². The highest BCUT2D eigenvalue weighted by atomic mass is 35.5. The zero-order chi connectivity index (χ0) is 14.8. The van der Waals surface area contributed by atoms with Crippen LogP contribution < -0.4 is 4.74 Å². The standard InChI is InChI=1S/C16H20ClN3O/c1-3-8-21-15-5-4-11(9-13(15)17)16-12-10-20(2)7-6-14(12)18-19-16/h4-5,9H,3,6-8,10H2,1-2H3,(H,18,19). The van der Waals surface area contributed by atoms with Gasteiger partial charge in [-0.3, -0.25) is 5.10 Å². The van der Waals surface area contributed by atoms with Gasteiger partial charge in [0.25, 0.3) is 0 Å². The number of aromatic amines is 1. The molecular weight excluding hydrogens is 286 g/mol. The van der Waals surface area contributed by atoms with E-state index in [1.807, 2.05) is 18.2 Å². The number of fused-ring (bicyclic) bond motifs is 1. The second kappa shape index (κ2) is 6.08. The molecule has 3 rings (SSSR count). The van der Waals surface area contributed by atoms with Crippen LogP contribution in [-0.2, 0) is 13.0 Å². The van der Waals surface area contributed by atoms with E-state index < -0.39 is 0 Å². The van der Waals surface area contributed by atoms with Crippen LogP contribution in [0.4, 0.5) is 0 Å². The number of halogens is 1. The first-order chi connectivity index (χ1) is 10.2. The van der Waals surface area contributed by atoms with Crippen molar-refractivity contribution in [1.29, 1.82) is 0 Å². The largest absolute Gasteiger partial charge is 0.492 e. The van der Waals surface area contributed by atoms with Crippen molar-refractivity contribution < 1.29 is 4.74 Å². The summed E-state index contributed by atoms with van der Waals surface area (Å²) in [7, 11) is 2.13. The summed E-state index contributed by atoms with van der Waals surface area (Å²) in [5.74, 6) is 0.740. The average Bonchev–Trinajstić information content (AvgIpc) is 2.89. The molecule has 0 fully saturated rings. The maximum absolute atomic E-state index is 6.32. The smallest absolute Gasteiger partial charge is 0.137 e. The molecule has 1 aromatic carbocycles. The number of nitrogens with one attached hydrogen (secondary N) is 1. The van der Waals surface area contributed by atoms with Gasteiger partial charge >= 0.3 is 0 Å². The molecule has 4 nitrogen and oxygen atoms in total.